The SMILES string of the molecule is O=c1[nH]n(-c2nnc(-c3ccccc3)c3ccccc23)c(=O)c2ccccc12. The molecule has 0 aliphatic rings. The highest BCUT2D eigenvalue weighted by Crippen LogP contribution is 2.28. The van der Waals surface area contributed by atoms with Crippen LogP contribution in [0.1, 0.15) is 0 Å². The molecule has 0 amide bonds. The second-order valence-corrected chi connectivity index (χ2v) is 6.41. The number of fused-ring (bicyclic) bond motifs is 2. The van der Waals surface area contributed by atoms with E-state index in [4.69, 9.17) is 0 Å². The fraction of sp³-hybridized carbons (Fsp3) is 0. The van der Waals surface area contributed by atoms with Gasteiger partial charge in [0.1, 0.15) is 5.69 Å². The van der Waals surface area contributed by atoms with Crippen LogP contribution in [0, 0.1) is 0 Å². The molecule has 0 saturated carbocycles. The van der Waals surface area contributed by atoms with Gasteiger partial charge in [0.25, 0.3) is 11.1 Å². The molecular weight excluding hydrogens is 352 g/mol. The molecule has 0 spiro atoms. The van der Waals surface area contributed by atoms with Crippen LogP contribution in [-0.4, -0.2) is 20.0 Å². The van der Waals surface area contributed by atoms with Crippen molar-refractivity contribution in [3.8, 4) is 17.1 Å². The monoisotopic (exact) mass is 366 g/mol. The molecule has 0 unspecified atom stereocenters. The lowest BCUT2D eigenvalue weighted by Crippen LogP contribution is -2.29. The highest BCUT2D eigenvalue weighted by atomic mass is 16.2. The quantitative estimate of drug-likeness (QED) is 0.520. The maximum absolute atomic E-state index is 13.0. The molecule has 3 aromatic carbocycles. The van der Waals surface area contributed by atoms with Crippen molar-refractivity contribution >= 4 is 21.5 Å². The van der Waals surface area contributed by atoms with E-state index in [9.17, 15) is 9.59 Å². The van der Waals surface area contributed by atoms with E-state index in [2.05, 4.69) is 15.3 Å². The summed E-state index contributed by atoms with van der Waals surface area (Å²) in [5.41, 5.74) is 0.948. The topological polar surface area (TPSA) is 80.6 Å². The van der Waals surface area contributed by atoms with E-state index in [1.54, 1.807) is 24.3 Å². The van der Waals surface area contributed by atoms with Crippen LogP contribution in [0.3, 0.4) is 0 Å². The average Bonchev–Trinajstić information content (AvgIpc) is 2.76. The Kier molecular flexibility index (Phi) is 3.62. The number of hydrogen-bond donors (Lipinski definition) is 1. The van der Waals surface area contributed by atoms with E-state index in [1.165, 1.54) is 4.68 Å². The van der Waals surface area contributed by atoms with Gasteiger partial charge < -0.3 is 0 Å². The molecule has 0 atom stereocenters. The minimum Gasteiger partial charge on any atom is -0.267 e. The zero-order valence-corrected chi connectivity index (χ0v) is 14.7. The summed E-state index contributed by atoms with van der Waals surface area (Å²) < 4.78 is 1.18. The first-order chi connectivity index (χ1) is 13.7. The lowest BCUT2D eigenvalue weighted by molar-refractivity contribution is 0.766. The Morgan fingerprint density at radius 1 is 0.643 bits per heavy atom. The van der Waals surface area contributed by atoms with Crippen LogP contribution in [0.2, 0.25) is 0 Å². The van der Waals surface area contributed by atoms with E-state index in [-0.39, 0.29) is 11.1 Å². The minimum absolute atomic E-state index is 0.295. The molecule has 0 aliphatic carbocycles. The van der Waals surface area contributed by atoms with Gasteiger partial charge in [-0.1, -0.05) is 66.7 Å². The molecule has 1 N–H and O–H groups in total. The summed E-state index contributed by atoms with van der Waals surface area (Å²) in [4.78, 5) is 25.5. The van der Waals surface area contributed by atoms with Gasteiger partial charge in [-0.25, -0.2) is 0 Å². The first-order valence-corrected chi connectivity index (χ1v) is 8.79. The maximum atomic E-state index is 13.0. The van der Waals surface area contributed by atoms with Crippen LogP contribution in [0.15, 0.2) is 88.5 Å². The summed E-state index contributed by atoms with van der Waals surface area (Å²) in [5.74, 6) is 0.295. The minimum atomic E-state index is -0.354. The second kappa shape index (κ2) is 6.28. The molecule has 0 bridgehead atoms. The summed E-state index contributed by atoms with van der Waals surface area (Å²) in [6, 6.07) is 24.0. The lowest BCUT2D eigenvalue weighted by Gasteiger charge is -2.11. The van der Waals surface area contributed by atoms with E-state index in [0.29, 0.717) is 16.6 Å². The van der Waals surface area contributed by atoms with E-state index < -0.39 is 0 Å². The average molecular weight is 366 g/mol. The number of nitrogens with one attached hydrogen (secondary N) is 1. The van der Waals surface area contributed by atoms with Gasteiger partial charge in [0.2, 0.25) is 0 Å². The fourth-order valence-electron chi connectivity index (χ4n) is 3.41. The van der Waals surface area contributed by atoms with E-state index >= 15 is 0 Å². The molecular formula is C22H14N4O2. The number of aromatic amines is 1. The Labute approximate surface area is 158 Å². The molecule has 0 aliphatic heterocycles. The number of aromatic nitrogens is 4. The van der Waals surface area contributed by atoms with Gasteiger partial charge in [-0.2, -0.15) is 4.68 Å². The van der Waals surface area contributed by atoms with E-state index in [1.807, 2.05) is 54.6 Å². The molecule has 5 aromatic rings. The molecule has 2 aromatic heterocycles. The normalized spacial score (nSPS) is 11.1. The number of nitrogens with zero attached hydrogens (tertiary/aromatic N) is 3. The Bertz CT molecular complexity index is 1450. The van der Waals surface area contributed by atoms with Crippen LogP contribution in [0.25, 0.3) is 38.6 Å². The van der Waals surface area contributed by atoms with Gasteiger partial charge in [-0.3, -0.25) is 14.7 Å². The summed E-state index contributed by atoms with van der Waals surface area (Å²) in [7, 11) is 0. The van der Waals surface area contributed by atoms with Crippen LogP contribution in [0.5, 0.6) is 0 Å². The van der Waals surface area contributed by atoms with Gasteiger partial charge in [-0.15, -0.1) is 10.2 Å². The van der Waals surface area contributed by atoms with Gasteiger partial charge in [0.15, 0.2) is 5.82 Å². The molecule has 0 radical (unpaired) electrons. The third-order valence-electron chi connectivity index (χ3n) is 4.75. The third-order valence-corrected chi connectivity index (χ3v) is 4.75. The number of hydrogen-bond acceptors (Lipinski definition) is 4. The fourth-order valence-corrected chi connectivity index (χ4v) is 3.41. The Morgan fingerprint density at radius 2 is 1.25 bits per heavy atom. The van der Waals surface area contributed by atoms with Crippen molar-refractivity contribution in [1.29, 1.82) is 0 Å². The van der Waals surface area contributed by atoms with Crippen molar-refractivity contribution in [2.45, 2.75) is 0 Å². The van der Waals surface area contributed by atoms with Crippen molar-refractivity contribution in [3.05, 3.63) is 99.6 Å². The first kappa shape index (κ1) is 16.1. The number of H-pyrrole nitrogens is 1. The molecule has 6 heteroatoms. The number of benzene rings is 3. The predicted molar refractivity (Wildman–Crippen MR) is 109 cm³/mol. The Hall–Kier alpha value is -4.06. The van der Waals surface area contributed by atoms with Gasteiger partial charge in [-0.05, 0) is 12.1 Å². The van der Waals surface area contributed by atoms with Crippen molar-refractivity contribution in [1.82, 2.24) is 20.0 Å². The Balaban J connectivity index is 1.85. The zero-order chi connectivity index (χ0) is 19.1. The van der Waals surface area contributed by atoms with Crippen LogP contribution in [-0.2, 0) is 0 Å². The molecule has 0 saturated heterocycles. The second-order valence-electron chi connectivity index (χ2n) is 6.41. The molecule has 134 valence electrons. The van der Waals surface area contributed by atoms with Gasteiger partial charge >= 0.3 is 0 Å². The van der Waals surface area contributed by atoms with Crippen molar-refractivity contribution in [3.63, 3.8) is 0 Å². The van der Waals surface area contributed by atoms with Crippen molar-refractivity contribution in [2.75, 3.05) is 0 Å². The largest absolute Gasteiger partial charge is 0.279 e. The van der Waals surface area contributed by atoms with Gasteiger partial charge in [0, 0.05) is 16.3 Å². The number of rotatable bonds is 2. The molecule has 6 nitrogen and oxygen atoms in total. The van der Waals surface area contributed by atoms with Crippen LogP contribution < -0.4 is 11.1 Å². The van der Waals surface area contributed by atoms with Crippen LogP contribution >= 0.6 is 0 Å². The highest BCUT2D eigenvalue weighted by molar-refractivity contribution is 5.98. The Morgan fingerprint density at radius 3 is 2.00 bits per heavy atom. The molecule has 5 rings (SSSR count). The third kappa shape index (κ3) is 2.43. The lowest BCUT2D eigenvalue weighted by atomic mass is 10.0. The summed E-state index contributed by atoms with van der Waals surface area (Å²) in [5, 5.41) is 13.6. The highest BCUT2D eigenvalue weighted by Gasteiger charge is 2.15. The summed E-state index contributed by atoms with van der Waals surface area (Å²) in [6.07, 6.45) is 0. The zero-order valence-electron chi connectivity index (χ0n) is 14.7. The molecule has 2 heterocycles. The molecule has 0 fully saturated rings. The van der Waals surface area contributed by atoms with E-state index in [0.717, 1.165) is 22.0 Å². The summed E-state index contributed by atoms with van der Waals surface area (Å²) in [6.45, 7) is 0. The first-order valence-electron chi connectivity index (χ1n) is 8.79. The van der Waals surface area contributed by atoms with Crippen molar-refractivity contribution < 1.29 is 0 Å². The predicted octanol–water partition coefficient (Wildman–Crippen LogP) is 3.29. The van der Waals surface area contributed by atoms with Crippen LogP contribution in [0.4, 0.5) is 0 Å². The van der Waals surface area contributed by atoms with Crippen molar-refractivity contribution in [2.24, 2.45) is 0 Å². The standard InChI is InChI=1S/C22H14N4O2/c27-21-17-12-6-7-13-18(17)22(28)26(25-21)20-16-11-5-4-10-15(16)19(23-24-20)14-8-2-1-3-9-14/h1-13H,(H,25,27). The smallest absolute Gasteiger partial charge is 0.267 e. The summed E-state index contributed by atoms with van der Waals surface area (Å²) >= 11 is 0. The van der Waals surface area contributed by atoms with Gasteiger partial charge in [0.05, 0.1) is 10.8 Å². The molecule has 28 heavy (non-hydrogen) atoms. The maximum Gasteiger partial charge on any atom is 0.279 e.